The summed E-state index contributed by atoms with van der Waals surface area (Å²) in [6.07, 6.45) is 1.11. The lowest BCUT2D eigenvalue weighted by Crippen LogP contribution is -2.21. The van der Waals surface area contributed by atoms with E-state index in [-0.39, 0.29) is 0 Å². The van der Waals surface area contributed by atoms with Gasteiger partial charge in [0.05, 0.1) is 0 Å². The van der Waals surface area contributed by atoms with E-state index in [1.165, 1.54) is 5.56 Å². The molecule has 0 spiro atoms. The molecular formula is C17H23N3. The standard InChI is InChI=1S/C17H23N3/c1-15-8-6-11-17(19-15)18-12-7-13-20(2)14-16-9-4-3-5-10-16/h3-6,8-11H,7,12-14H2,1-2H3,(H,18,19). The van der Waals surface area contributed by atoms with Crippen LogP contribution in [-0.2, 0) is 6.54 Å². The monoisotopic (exact) mass is 269 g/mol. The summed E-state index contributed by atoms with van der Waals surface area (Å²) in [5.41, 5.74) is 2.42. The fourth-order valence-electron chi connectivity index (χ4n) is 2.18. The number of rotatable bonds is 7. The van der Waals surface area contributed by atoms with Crippen LogP contribution in [0.4, 0.5) is 5.82 Å². The normalized spacial score (nSPS) is 10.8. The highest BCUT2D eigenvalue weighted by molar-refractivity contribution is 5.34. The summed E-state index contributed by atoms with van der Waals surface area (Å²) in [4.78, 5) is 6.78. The van der Waals surface area contributed by atoms with Crippen LogP contribution in [0, 0.1) is 6.92 Å². The van der Waals surface area contributed by atoms with Gasteiger partial charge in [-0.3, -0.25) is 0 Å². The Balaban J connectivity index is 1.66. The van der Waals surface area contributed by atoms with Crippen molar-refractivity contribution in [1.82, 2.24) is 9.88 Å². The zero-order chi connectivity index (χ0) is 14.2. The number of aryl methyl sites for hydroxylation is 1. The van der Waals surface area contributed by atoms with E-state index >= 15 is 0 Å². The third-order valence-corrected chi connectivity index (χ3v) is 3.21. The van der Waals surface area contributed by atoms with Crippen LogP contribution in [0.5, 0.6) is 0 Å². The number of aromatic nitrogens is 1. The Labute approximate surface area is 121 Å². The van der Waals surface area contributed by atoms with Crippen molar-refractivity contribution in [3.63, 3.8) is 0 Å². The minimum atomic E-state index is 0.954. The Bertz CT molecular complexity index is 511. The van der Waals surface area contributed by atoms with Crippen molar-refractivity contribution in [2.45, 2.75) is 19.9 Å². The molecule has 3 heteroatoms. The summed E-state index contributed by atoms with van der Waals surface area (Å²) in [5.74, 6) is 0.968. The van der Waals surface area contributed by atoms with Crippen LogP contribution in [0.25, 0.3) is 0 Å². The second-order valence-corrected chi connectivity index (χ2v) is 5.17. The molecule has 1 N–H and O–H groups in total. The van der Waals surface area contributed by atoms with E-state index in [4.69, 9.17) is 0 Å². The molecule has 0 aliphatic heterocycles. The molecular weight excluding hydrogens is 246 g/mol. The Kier molecular flexibility index (Phi) is 5.56. The molecule has 0 atom stereocenters. The van der Waals surface area contributed by atoms with Crippen molar-refractivity contribution in [2.24, 2.45) is 0 Å². The molecule has 1 aromatic carbocycles. The largest absolute Gasteiger partial charge is 0.370 e. The van der Waals surface area contributed by atoms with Crippen LogP contribution in [0.2, 0.25) is 0 Å². The van der Waals surface area contributed by atoms with E-state index in [2.05, 4.69) is 52.6 Å². The fraction of sp³-hybridized carbons (Fsp3) is 0.353. The van der Waals surface area contributed by atoms with Gasteiger partial charge in [0.1, 0.15) is 5.82 Å². The molecule has 0 saturated heterocycles. The average Bonchev–Trinajstić information content (AvgIpc) is 2.45. The second kappa shape index (κ2) is 7.65. The van der Waals surface area contributed by atoms with Crippen molar-refractivity contribution >= 4 is 5.82 Å². The van der Waals surface area contributed by atoms with Crippen LogP contribution in [0.1, 0.15) is 17.7 Å². The summed E-state index contributed by atoms with van der Waals surface area (Å²) >= 11 is 0. The van der Waals surface area contributed by atoms with Crippen molar-refractivity contribution in [1.29, 1.82) is 0 Å². The Morgan fingerprint density at radius 3 is 2.60 bits per heavy atom. The summed E-state index contributed by atoms with van der Waals surface area (Å²) in [5, 5.41) is 3.37. The van der Waals surface area contributed by atoms with Crippen molar-refractivity contribution < 1.29 is 0 Å². The molecule has 20 heavy (non-hydrogen) atoms. The van der Waals surface area contributed by atoms with Gasteiger partial charge < -0.3 is 10.2 Å². The number of nitrogens with zero attached hydrogens (tertiary/aromatic N) is 2. The van der Waals surface area contributed by atoms with Gasteiger partial charge in [0.15, 0.2) is 0 Å². The first-order valence-corrected chi connectivity index (χ1v) is 7.14. The number of anilines is 1. The summed E-state index contributed by atoms with van der Waals surface area (Å²) in [6.45, 7) is 5.05. The van der Waals surface area contributed by atoms with E-state index in [0.29, 0.717) is 0 Å². The van der Waals surface area contributed by atoms with Gasteiger partial charge in [-0.15, -0.1) is 0 Å². The minimum absolute atomic E-state index is 0.954. The number of hydrogen-bond donors (Lipinski definition) is 1. The van der Waals surface area contributed by atoms with Crippen LogP contribution in [0.3, 0.4) is 0 Å². The lowest BCUT2D eigenvalue weighted by molar-refractivity contribution is 0.325. The highest BCUT2D eigenvalue weighted by Crippen LogP contribution is 2.05. The Morgan fingerprint density at radius 2 is 1.85 bits per heavy atom. The topological polar surface area (TPSA) is 28.2 Å². The molecule has 0 bridgehead atoms. The van der Waals surface area contributed by atoms with E-state index in [1.807, 2.05) is 25.1 Å². The van der Waals surface area contributed by atoms with Gasteiger partial charge in [-0.05, 0) is 44.6 Å². The van der Waals surface area contributed by atoms with Crippen molar-refractivity contribution in [2.75, 3.05) is 25.5 Å². The molecule has 1 aromatic heterocycles. The van der Waals surface area contributed by atoms with E-state index in [0.717, 1.165) is 37.6 Å². The molecule has 0 fully saturated rings. The van der Waals surface area contributed by atoms with Gasteiger partial charge >= 0.3 is 0 Å². The molecule has 1 heterocycles. The molecule has 0 radical (unpaired) electrons. The lowest BCUT2D eigenvalue weighted by atomic mass is 10.2. The van der Waals surface area contributed by atoms with Gasteiger partial charge in [0.2, 0.25) is 0 Å². The van der Waals surface area contributed by atoms with Gasteiger partial charge in [0.25, 0.3) is 0 Å². The quantitative estimate of drug-likeness (QED) is 0.782. The highest BCUT2D eigenvalue weighted by Gasteiger charge is 2.00. The molecule has 0 saturated carbocycles. The molecule has 0 unspecified atom stereocenters. The molecule has 0 aliphatic rings. The molecule has 2 aromatic rings. The fourth-order valence-corrected chi connectivity index (χ4v) is 2.18. The van der Waals surface area contributed by atoms with Gasteiger partial charge in [-0.1, -0.05) is 36.4 Å². The molecule has 0 amide bonds. The number of nitrogens with one attached hydrogen (secondary N) is 1. The van der Waals surface area contributed by atoms with E-state index in [1.54, 1.807) is 0 Å². The van der Waals surface area contributed by atoms with Crippen molar-refractivity contribution in [3.8, 4) is 0 Å². The van der Waals surface area contributed by atoms with Gasteiger partial charge in [-0.25, -0.2) is 4.98 Å². The zero-order valence-corrected chi connectivity index (χ0v) is 12.3. The molecule has 2 rings (SSSR count). The summed E-state index contributed by atoms with van der Waals surface area (Å²) in [7, 11) is 2.16. The van der Waals surface area contributed by atoms with Crippen LogP contribution in [-0.4, -0.2) is 30.0 Å². The minimum Gasteiger partial charge on any atom is -0.370 e. The predicted molar refractivity (Wildman–Crippen MR) is 84.9 cm³/mol. The number of hydrogen-bond acceptors (Lipinski definition) is 3. The van der Waals surface area contributed by atoms with Gasteiger partial charge in [0, 0.05) is 18.8 Å². The Morgan fingerprint density at radius 1 is 1.05 bits per heavy atom. The molecule has 106 valence electrons. The Hall–Kier alpha value is -1.87. The number of benzene rings is 1. The first kappa shape index (κ1) is 14.5. The maximum Gasteiger partial charge on any atom is 0.126 e. The summed E-state index contributed by atoms with van der Waals surface area (Å²) in [6, 6.07) is 16.6. The maximum atomic E-state index is 4.43. The van der Waals surface area contributed by atoms with Crippen LogP contribution < -0.4 is 5.32 Å². The van der Waals surface area contributed by atoms with E-state index in [9.17, 15) is 0 Å². The first-order chi connectivity index (χ1) is 9.74. The third kappa shape index (κ3) is 5.02. The SMILES string of the molecule is Cc1cccc(NCCCN(C)Cc2ccccc2)n1. The maximum absolute atomic E-state index is 4.43. The van der Waals surface area contributed by atoms with Crippen LogP contribution >= 0.6 is 0 Å². The van der Waals surface area contributed by atoms with E-state index < -0.39 is 0 Å². The van der Waals surface area contributed by atoms with Crippen molar-refractivity contribution in [3.05, 3.63) is 59.8 Å². The van der Waals surface area contributed by atoms with Crippen LogP contribution in [0.15, 0.2) is 48.5 Å². The average molecular weight is 269 g/mol. The second-order valence-electron chi connectivity index (χ2n) is 5.17. The summed E-state index contributed by atoms with van der Waals surface area (Å²) < 4.78 is 0. The predicted octanol–water partition coefficient (Wildman–Crippen LogP) is 3.32. The van der Waals surface area contributed by atoms with Gasteiger partial charge in [-0.2, -0.15) is 0 Å². The lowest BCUT2D eigenvalue weighted by Gasteiger charge is -2.16. The first-order valence-electron chi connectivity index (χ1n) is 7.14. The zero-order valence-electron chi connectivity index (χ0n) is 12.3. The molecule has 0 aliphatic carbocycles. The highest BCUT2D eigenvalue weighted by atomic mass is 15.1. The molecule has 3 nitrogen and oxygen atoms in total. The smallest absolute Gasteiger partial charge is 0.126 e. The third-order valence-electron chi connectivity index (χ3n) is 3.21. The number of pyridine rings is 1.